The number of nitrogens with zero attached hydrogens (tertiary/aromatic N) is 1. The molecule has 0 aromatic heterocycles. The molecule has 0 rings (SSSR count). The zero-order chi connectivity index (χ0) is 39.9. The number of thioether (sulfide) groups is 4. The topological polar surface area (TPSA) is 82.1 Å². The summed E-state index contributed by atoms with van der Waals surface area (Å²) in [6, 6.07) is 0. The quantitative estimate of drug-likeness (QED) is 0.0255. The van der Waals surface area contributed by atoms with Gasteiger partial charge in [-0.25, -0.2) is 0 Å². The number of esters is 3. The van der Waals surface area contributed by atoms with Crippen LogP contribution in [0.2, 0.25) is 0 Å². The maximum Gasteiger partial charge on any atom is 0.307 e. The molecule has 0 bridgehead atoms. The van der Waals surface area contributed by atoms with E-state index in [9.17, 15) is 14.4 Å². The molecule has 0 aliphatic carbocycles. The van der Waals surface area contributed by atoms with Crippen molar-refractivity contribution in [2.24, 2.45) is 0 Å². The molecule has 0 heterocycles. The van der Waals surface area contributed by atoms with E-state index in [1.807, 2.05) is 61.1 Å². The minimum Gasteiger partial charge on any atom is -0.466 e. The number of carbonyl (C=O) groups excluding carboxylic acids is 3. The average molecular weight is 838 g/mol. The highest BCUT2D eigenvalue weighted by Crippen LogP contribution is 2.30. The van der Waals surface area contributed by atoms with Gasteiger partial charge in [0.2, 0.25) is 0 Å². The Kier molecular flexibility index (Phi) is 40.8. The van der Waals surface area contributed by atoms with Crippen molar-refractivity contribution in [3.8, 4) is 0 Å². The lowest BCUT2D eigenvalue weighted by Gasteiger charge is -2.19. The van der Waals surface area contributed by atoms with Gasteiger partial charge in [0, 0.05) is 6.42 Å². The second kappa shape index (κ2) is 40.9. The Morgan fingerprint density at radius 3 is 1.22 bits per heavy atom. The molecule has 0 atom stereocenters. The molecule has 0 N–H and O–H groups in total. The number of hydrogen-bond acceptors (Lipinski definition) is 11. The molecule has 0 saturated carbocycles. The summed E-state index contributed by atoms with van der Waals surface area (Å²) in [5, 5.41) is 0. The van der Waals surface area contributed by atoms with Crippen LogP contribution >= 0.6 is 47.0 Å². The SMILES string of the molecule is CCCCCSC(CC(=O)OCCCCCC(CCCCCOC(=O)CC(SCCCCC)SCCCCC)OC(=O)CCCN(C)C)SCCCCC. The first-order valence-electron chi connectivity index (χ1n) is 21.9. The number of carbonyl (C=O) groups is 3. The molecule has 0 aliphatic rings. The molecule has 11 heteroatoms. The monoisotopic (exact) mass is 838 g/mol. The fraction of sp³-hybridized carbons (Fsp3) is 0.930. The molecule has 0 aromatic rings. The van der Waals surface area contributed by atoms with Gasteiger partial charge in [-0.3, -0.25) is 14.4 Å². The third kappa shape index (κ3) is 37.4. The van der Waals surface area contributed by atoms with Crippen molar-refractivity contribution < 1.29 is 28.6 Å². The van der Waals surface area contributed by atoms with Crippen molar-refractivity contribution in [3.63, 3.8) is 0 Å². The van der Waals surface area contributed by atoms with Crippen LogP contribution in [0.3, 0.4) is 0 Å². The van der Waals surface area contributed by atoms with E-state index in [0.717, 1.165) is 87.3 Å². The smallest absolute Gasteiger partial charge is 0.307 e. The summed E-state index contributed by atoms with van der Waals surface area (Å²) in [7, 11) is 4.03. The van der Waals surface area contributed by atoms with Gasteiger partial charge in [0.25, 0.3) is 0 Å². The normalized spacial score (nSPS) is 11.7. The van der Waals surface area contributed by atoms with E-state index < -0.39 is 0 Å². The van der Waals surface area contributed by atoms with E-state index in [4.69, 9.17) is 14.2 Å². The highest BCUT2D eigenvalue weighted by molar-refractivity contribution is 8.17. The third-order valence-corrected chi connectivity index (χ3v) is 14.9. The zero-order valence-corrected chi connectivity index (χ0v) is 38.9. The van der Waals surface area contributed by atoms with Crippen LogP contribution in [0.5, 0.6) is 0 Å². The predicted molar refractivity (Wildman–Crippen MR) is 241 cm³/mol. The van der Waals surface area contributed by atoms with Crippen LogP contribution in [-0.2, 0) is 28.6 Å². The third-order valence-electron chi connectivity index (χ3n) is 9.02. The van der Waals surface area contributed by atoms with E-state index >= 15 is 0 Å². The van der Waals surface area contributed by atoms with Gasteiger partial charge < -0.3 is 19.1 Å². The summed E-state index contributed by atoms with van der Waals surface area (Å²) in [5.41, 5.74) is 0. The first-order chi connectivity index (χ1) is 26.2. The van der Waals surface area contributed by atoms with Gasteiger partial charge in [0.15, 0.2) is 0 Å². The summed E-state index contributed by atoms with van der Waals surface area (Å²) in [4.78, 5) is 40.1. The molecule has 0 radical (unpaired) electrons. The Balaban J connectivity index is 4.63. The van der Waals surface area contributed by atoms with Gasteiger partial charge in [0.05, 0.1) is 35.2 Å². The van der Waals surface area contributed by atoms with E-state index in [-0.39, 0.29) is 33.2 Å². The van der Waals surface area contributed by atoms with Gasteiger partial charge in [-0.15, -0.1) is 47.0 Å². The Morgan fingerprint density at radius 1 is 0.481 bits per heavy atom. The highest BCUT2D eigenvalue weighted by Gasteiger charge is 2.18. The molecule has 0 aliphatic heterocycles. The summed E-state index contributed by atoms with van der Waals surface area (Å²) < 4.78 is 17.9. The summed E-state index contributed by atoms with van der Waals surface area (Å²) >= 11 is 7.70. The maximum atomic E-state index is 12.7. The van der Waals surface area contributed by atoms with Gasteiger partial charge in [-0.2, -0.15) is 0 Å². The fourth-order valence-electron chi connectivity index (χ4n) is 5.71. The molecule has 0 saturated heterocycles. The lowest BCUT2D eigenvalue weighted by molar-refractivity contribution is -0.150. The standard InChI is InChI=1S/C43H83NO6S4/c1-7-11-21-32-51-42(52-33-22-12-8-2)36-40(46)48-30-19-15-17-26-38(50-39(45)28-25-29-44(5)6)27-18-16-20-31-49-41(47)37-43(53-34-23-13-9-3)54-35-24-14-10-4/h38,42-43H,7-37H2,1-6H3. The summed E-state index contributed by atoms with van der Waals surface area (Å²) in [6.07, 6.45) is 23.8. The second-order valence-electron chi connectivity index (χ2n) is 14.7. The first kappa shape index (κ1) is 53.8. The molecule has 0 fully saturated rings. The molecular formula is C43H83NO6S4. The molecular weight excluding hydrogens is 755 g/mol. The van der Waals surface area contributed by atoms with Crippen LogP contribution < -0.4 is 0 Å². The number of unbranched alkanes of at least 4 members (excludes halogenated alkanes) is 12. The lowest BCUT2D eigenvalue weighted by atomic mass is 10.0. The van der Waals surface area contributed by atoms with Crippen LogP contribution in [-0.4, -0.2) is 94.9 Å². The first-order valence-corrected chi connectivity index (χ1v) is 26.1. The van der Waals surface area contributed by atoms with Crippen molar-refractivity contribution in [1.82, 2.24) is 4.90 Å². The Morgan fingerprint density at radius 2 is 0.870 bits per heavy atom. The second-order valence-corrected chi connectivity index (χ2v) is 20.6. The molecule has 54 heavy (non-hydrogen) atoms. The highest BCUT2D eigenvalue weighted by atomic mass is 32.2. The lowest BCUT2D eigenvalue weighted by Crippen LogP contribution is -2.20. The van der Waals surface area contributed by atoms with Gasteiger partial charge in [-0.1, -0.05) is 79.1 Å². The molecule has 0 spiro atoms. The van der Waals surface area contributed by atoms with Crippen LogP contribution in [0, 0.1) is 0 Å². The predicted octanol–water partition coefficient (Wildman–Crippen LogP) is 12.6. The molecule has 0 unspecified atom stereocenters. The summed E-state index contributed by atoms with van der Waals surface area (Å²) in [6.45, 7) is 10.7. The van der Waals surface area contributed by atoms with Crippen LogP contribution in [0.25, 0.3) is 0 Å². The van der Waals surface area contributed by atoms with Crippen molar-refractivity contribution in [2.75, 3.05) is 56.9 Å². The van der Waals surface area contributed by atoms with Crippen molar-refractivity contribution >= 4 is 65.0 Å². The minimum atomic E-state index is -0.117. The van der Waals surface area contributed by atoms with Crippen molar-refractivity contribution in [1.29, 1.82) is 0 Å². The zero-order valence-electron chi connectivity index (χ0n) is 35.7. The van der Waals surface area contributed by atoms with Crippen molar-refractivity contribution in [2.45, 2.75) is 197 Å². The van der Waals surface area contributed by atoms with Gasteiger partial charge >= 0.3 is 17.9 Å². The molecule has 0 amide bonds. The van der Waals surface area contributed by atoms with Gasteiger partial charge in [0.1, 0.15) is 6.10 Å². The Labute approximate surface area is 350 Å². The van der Waals surface area contributed by atoms with Crippen LogP contribution in [0.4, 0.5) is 0 Å². The molecule has 0 aromatic carbocycles. The maximum absolute atomic E-state index is 12.7. The largest absolute Gasteiger partial charge is 0.466 e. The average Bonchev–Trinajstić information content (AvgIpc) is 3.14. The van der Waals surface area contributed by atoms with E-state index in [1.54, 1.807) is 0 Å². The van der Waals surface area contributed by atoms with E-state index in [0.29, 0.717) is 32.5 Å². The fourth-order valence-corrected chi connectivity index (χ4v) is 11.2. The summed E-state index contributed by atoms with van der Waals surface area (Å²) in [5.74, 6) is 4.16. The molecule has 320 valence electrons. The molecule has 7 nitrogen and oxygen atoms in total. The van der Waals surface area contributed by atoms with Crippen LogP contribution in [0.1, 0.15) is 182 Å². The number of rotatable bonds is 41. The number of hydrogen-bond donors (Lipinski definition) is 0. The Bertz CT molecular complexity index is 790. The van der Waals surface area contributed by atoms with E-state index in [1.165, 1.54) is 77.0 Å². The minimum absolute atomic E-state index is 0.0800. The van der Waals surface area contributed by atoms with Crippen molar-refractivity contribution in [3.05, 3.63) is 0 Å². The van der Waals surface area contributed by atoms with E-state index in [2.05, 4.69) is 32.6 Å². The van der Waals surface area contributed by atoms with Crippen LogP contribution in [0.15, 0.2) is 0 Å². The number of ether oxygens (including phenoxy) is 3. The van der Waals surface area contributed by atoms with Gasteiger partial charge in [-0.05, 0) is 127 Å². The Hall–Kier alpha value is -0.230.